The van der Waals surface area contributed by atoms with E-state index in [1.807, 2.05) is 13.0 Å². The maximum absolute atomic E-state index is 6.36. The van der Waals surface area contributed by atoms with Gasteiger partial charge in [0.2, 0.25) is 0 Å². The van der Waals surface area contributed by atoms with E-state index in [9.17, 15) is 0 Å². The van der Waals surface area contributed by atoms with E-state index in [1.165, 1.54) is 18.4 Å². The molecule has 3 unspecified atom stereocenters. The SMILES string of the molecule is CCOc1cccc(C2CC(C(C)C)CCC2N)c1. The van der Waals surface area contributed by atoms with Gasteiger partial charge in [0.25, 0.3) is 0 Å². The van der Waals surface area contributed by atoms with Crippen LogP contribution in [0.25, 0.3) is 0 Å². The predicted molar refractivity (Wildman–Crippen MR) is 80.5 cm³/mol. The highest BCUT2D eigenvalue weighted by Crippen LogP contribution is 2.39. The molecule has 0 aromatic heterocycles. The number of rotatable bonds is 4. The van der Waals surface area contributed by atoms with Crippen molar-refractivity contribution in [1.29, 1.82) is 0 Å². The van der Waals surface area contributed by atoms with Crippen molar-refractivity contribution in [3.05, 3.63) is 29.8 Å². The van der Waals surface area contributed by atoms with Crippen LogP contribution in [0, 0.1) is 11.8 Å². The van der Waals surface area contributed by atoms with Crippen LogP contribution in [-0.4, -0.2) is 12.6 Å². The number of nitrogens with two attached hydrogens (primary N) is 1. The molecule has 1 fully saturated rings. The molecule has 0 saturated heterocycles. The molecule has 0 radical (unpaired) electrons. The van der Waals surface area contributed by atoms with Gasteiger partial charge in [0.1, 0.15) is 5.75 Å². The van der Waals surface area contributed by atoms with Gasteiger partial charge in [-0.2, -0.15) is 0 Å². The van der Waals surface area contributed by atoms with Gasteiger partial charge in [-0.3, -0.25) is 0 Å². The van der Waals surface area contributed by atoms with E-state index in [0.29, 0.717) is 12.0 Å². The molecule has 2 nitrogen and oxygen atoms in total. The molecule has 3 atom stereocenters. The van der Waals surface area contributed by atoms with Crippen molar-refractivity contribution in [3.63, 3.8) is 0 Å². The van der Waals surface area contributed by atoms with Gasteiger partial charge in [0, 0.05) is 6.04 Å². The molecule has 0 bridgehead atoms. The summed E-state index contributed by atoms with van der Waals surface area (Å²) in [5.74, 6) is 3.02. The van der Waals surface area contributed by atoms with Gasteiger partial charge in [0.15, 0.2) is 0 Å². The smallest absolute Gasteiger partial charge is 0.119 e. The summed E-state index contributed by atoms with van der Waals surface area (Å²) in [5.41, 5.74) is 7.71. The average Bonchev–Trinajstić information content (AvgIpc) is 2.39. The quantitative estimate of drug-likeness (QED) is 0.890. The molecule has 19 heavy (non-hydrogen) atoms. The summed E-state index contributed by atoms with van der Waals surface area (Å²) in [7, 11) is 0. The lowest BCUT2D eigenvalue weighted by molar-refractivity contribution is 0.232. The fourth-order valence-corrected chi connectivity index (χ4v) is 3.22. The Labute approximate surface area is 117 Å². The predicted octanol–water partition coefficient (Wildman–Crippen LogP) is 3.95. The maximum atomic E-state index is 6.36. The summed E-state index contributed by atoms with van der Waals surface area (Å²) in [4.78, 5) is 0. The Morgan fingerprint density at radius 3 is 2.79 bits per heavy atom. The zero-order chi connectivity index (χ0) is 13.8. The first-order chi connectivity index (χ1) is 9.11. The van der Waals surface area contributed by atoms with Crippen molar-refractivity contribution < 1.29 is 4.74 Å². The second-order valence-corrected chi connectivity index (χ2v) is 6.09. The summed E-state index contributed by atoms with van der Waals surface area (Å²) in [6, 6.07) is 8.80. The highest BCUT2D eigenvalue weighted by Gasteiger charge is 2.30. The van der Waals surface area contributed by atoms with Crippen LogP contribution in [0.4, 0.5) is 0 Å². The normalized spacial score (nSPS) is 27.5. The molecule has 1 aromatic carbocycles. The molecule has 0 aliphatic heterocycles. The summed E-state index contributed by atoms with van der Waals surface area (Å²) in [5, 5.41) is 0. The van der Waals surface area contributed by atoms with Gasteiger partial charge in [-0.05, 0) is 61.6 Å². The van der Waals surface area contributed by atoms with E-state index in [-0.39, 0.29) is 0 Å². The second kappa shape index (κ2) is 6.42. The van der Waals surface area contributed by atoms with Crippen LogP contribution in [0.1, 0.15) is 51.5 Å². The molecule has 106 valence electrons. The van der Waals surface area contributed by atoms with Crippen molar-refractivity contribution in [3.8, 4) is 5.75 Å². The van der Waals surface area contributed by atoms with Crippen LogP contribution < -0.4 is 10.5 Å². The summed E-state index contributed by atoms with van der Waals surface area (Å²) in [6.07, 6.45) is 3.64. The van der Waals surface area contributed by atoms with Gasteiger partial charge < -0.3 is 10.5 Å². The van der Waals surface area contributed by atoms with Crippen molar-refractivity contribution in [2.45, 2.75) is 52.0 Å². The summed E-state index contributed by atoms with van der Waals surface area (Å²) >= 11 is 0. The minimum atomic E-state index is 0.298. The first-order valence-corrected chi connectivity index (χ1v) is 7.60. The van der Waals surface area contributed by atoms with E-state index < -0.39 is 0 Å². The van der Waals surface area contributed by atoms with Gasteiger partial charge in [-0.15, -0.1) is 0 Å². The fourth-order valence-electron chi connectivity index (χ4n) is 3.22. The molecule has 1 aliphatic rings. The van der Waals surface area contributed by atoms with E-state index in [0.717, 1.165) is 30.6 Å². The lowest BCUT2D eigenvalue weighted by Crippen LogP contribution is -2.35. The van der Waals surface area contributed by atoms with Crippen LogP contribution >= 0.6 is 0 Å². The minimum Gasteiger partial charge on any atom is -0.494 e. The molecular weight excluding hydrogens is 234 g/mol. The molecule has 1 aliphatic carbocycles. The third kappa shape index (κ3) is 3.50. The van der Waals surface area contributed by atoms with Crippen LogP contribution in [0.3, 0.4) is 0 Å². The zero-order valence-corrected chi connectivity index (χ0v) is 12.4. The number of benzene rings is 1. The molecule has 1 saturated carbocycles. The highest BCUT2D eigenvalue weighted by molar-refractivity contribution is 5.32. The Bertz CT molecular complexity index is 402. The molecule has 0 amide bonds. The Hall–Kier alpha value is -1.02. The van der Waals surface area contributed by atoms with Crippen molar-refractivity contribution >= 4 is 0 Å². The molecule has 0 heterocycles. The Balaban J connectivity index is 2.16. The topological polar surface area (TPSA) is 35.2 Å². The van der Waals surface area contributed by atoms with Gasteiger partial charge in [0.05, 0.1) is 6.61 Å². The molecule has 2 heteroatoms. The number of hydrogen-bond donors (Lipinski definition) is 1. The summed E-state index contributed by atoms with van der Waals surface area (Å²) < 4.78 is 5.61. The van der Waals surface area contributed by atoms with E-state index in [2.05, 4.69) is 32.0 Å². The van der Waals surface area contributed by atoms with Crippen molar-refractivity contribution in [1.82, 2.24) is 0 Å². The highest BCUT2D eigenvalue weighted by atomic mass is 16.5. The van der Waals surface area contributed by atoms with E-state index >= 15 is 0 Å². The standard InChI is InChI=1S/C17H27NO/c1-4-19-15-7-5-6-14(10-15)16-11-13(12(2)3)8-9-17(16)18/h5-7,10,12-13,16-17H,4,8-9,11,18H2,1-3H3. The first-order valence-electron chi connectivity index (χ1n) is 7.60. The molecule has 0 spiro atoms. The summed E-state index contributed by atoms with van der Waals surface area (Å²) in [6.45, 7) is 7.40. The molecule has 2 N–H and O–H groups in total. The first kappa shape index (κ1) is 14.4. The van der Waals surface area contributed by atoms with Gasteiger partial charge in [-0.25, -0.2) is 0 Å². The maximum Gasteiger partial charge on any atom is 0.119 e. The average molecular weight is 261 g/mol. The Kier molecular flexibility index (Phi) is 4.87. The molecule has 1 aromatic rings. The number of hydrogen-bond acceptors (Lipinski definition) is 2. The molecular formula is C17H27NO. The van der Waals surface area contributed by atoms with Crippen molar-refractivity contribution in [2.75, 3.05) is 6.61 Å². The van der Waals surface area contributed by atoms with Gasteiger partial charge >= 0.3 is 0 Å². The van der Waals surface area contributed by atoms with Crippen LogP contribution in [0.2, 0.25) is 0 Å². The van der Waals surface area contributed by atoms with Crippen LogP contribution in [0.5, 0.6) is 5.75 Å². The fraction of sp³-hybridized carbons (Fsp3) is 0.647. The van der Waals surface area contributed by atoms with Crippen LogP contribution in [0.15, 0.2) is 24.3 Å². The third-order valence-corrected chi connectivity index (χ3v) is 4.48. The second-order valence-electron chi connectivity index (χ2n) is 6.09. The van der Waals surface area contributed by atoms with Crippen molar-refractivity contribution in [2.24, 2.45) is 17.6 Å². The van der Waals surface area contributed by atoms with Crippen LogP contribution in [-0.2, 0) is 0 Å². The van der Waals surface area contributed by atoms with E-state index in [4.69, 9.17) is 10.5 Å². The van der Waals surface area contributed by atoms with Gasteiger partial charge in [-0.1, -0.05) is 26.0 Å². The monoisotopic (exact) mass is 261 g/mol. The Morgan fingerprint density at radius 2 is 2.11 bits per heavy atom. The molecule has 2 rings (SSSR count). The third-order valence-electron chi connectivity index (χ3n) is 4.48. The number of ether oxygens (including phenoxy) is 1. The Morgan fingerprint density at radius 1 is 1.32 bits per heavy atom. The minimum absolute atomic E-state index is 0.298. The van der Waals surface area contributed by atoms with E-state index in [1.54, 1.807) is 0 Å². The lowest BCUT2D eigenvalue weighted by Gasteiger charge is -2.36. The largest absolute Gasteiger partial charge is 0.494 e. The lowest BCUT2D eigenvalue weighted by atomic mass is 9.71. The zero-order valence-electron chi connectivity index (χ0n) is 12.4.